The number of hydrogen-bond donors (Lipinski definition) is 1. The van der Waals surface area contributed by atoms with Crippen LogP contribution in [-0.2, 0) is 4.74 Å². The molecule has 2 fully saturated rings. The van der Waals surface area contributed by atoms with E-state index in [4.69, 9.17) is 4.74 Å². The van der Waals surface area contributed by atoms with Gasteiger partial charge in [0.2, 0.25) is 0 Å². The topological polar surface area (TPSA) is 21.3 Å². The van der Waals surface area contributed by atoms with Crippen molar-refractivity contribution in [1.29, 1.82) is 0 Å². The number of nitrogens with one attached hydrogen (secondary N) is 1. The van der Waals surface area contributed by atoms with Gasteiger partial charge in [0.15, 0.2) is 0 Å². The number of rotatable bonds is 3. The van der Waals surface area contributed by atoms with E-state index in [0.717, 1.165) is 12.5 Å². The highest BCUT2D eigenvalue weighted by Crippen LogP contribution is 2.41. The van der Waals surface area contributed by atoms with Crippen molar-refractivity contribution < 1.29 is 4.74 Å². The number of ether oxygens (including phenoxy) is 1. The Hall–Kier alpha value is -0.860. The van der Waals surface area contributed by atoms with Crippen LogP contribution in [0.2, 0.25) is 0 Å². The lowest BCUT2D eigenvalue weighted by Gasteiger charge is -2.33. The highest BCUT2D eigenvalue weighted by molar-refractivity contribution is 5.35. The van der Waals surface area contributed by atoms with Gasteiger partial charge in [-0.05, 0) is 55.1 Å². The van der Waals surface area contributed by atoms with Crippen molar-refractivity contribution in [3.63, 3.8) is 0 Å². The van der Waals surface area contributed by atoms with E-state index in [0.29, 0.717) is 24.1 Å². The quantitative estimate of drug-likeness (QED) is 0.903. The largest absolute Gasteiger partial charge is 0.376 e. The fourth-order valence-electron chi connectivity index (χ4n) is 4.12. The zero-order chi connectivity index (χ0) is 13.5. The molecule has 4 atom stereocenters. The van der Waals surface area contributed by atoms with Crippen molar-refractivity contribution in [3.05, 3.63) is 35.4 Å². The Bertz CT molecular complexity index is 482. The van der Waals surface area contributed by atoms with Crippen LogP contribution in [0, 0.1) is 5.92 Å². The van der Waals surface area contributed by atoms with Gasteiger partial charge in [-0.15, -0.1) is 0 Å². The van der Waals surface area contributed by atoms with Gasteiger partial charge < -0.3 is 10.1 Å². The summed E-state index contributed by atoms with van der Waals surface area (Å²) in [6.45, 7) is 3.31. The highest BCUT2D eigenvalue weighted by atomic mass is 16.5. The third-order valence-electron chi connectivity index (χ3n) is 5.43. The van der Waals surface area contributed by atoms with Gasteiger partial charge in [0.25, 0.3) is 0 Å². The van der Waals surface area contributed by atoms with E-state index in [-0.39, 0.29) is 0 Å². The molecule has 2 nitrogen and oxygen atoms in total. The Morgan fingerprint density at radius 3 is 2.60 bits per heavy atom. The van der Waals surface area contributed by atoms with Crippen LogP contribution in [0.25, 0.3) is 0 Å². The zero-order valence-electron chi connectivity index (χ0n) is 12.3. The maximum Gasteiger partial charge on any atom is 0.0757 e. The van der Waals surface area contributed by atoms with Crippen LogP contribution in [0.4, 0.5) is 0 Å². The molecule has 4 unspecified atom stereocenters. The summed E-state index contributed by atoms with van der Waals surface area (Å²) >= 11 is 0. The molecule has 0 bridgehead atoms. The van der Waals surface area contributed by atoms with E-state index >= 15 is 0 Å². The molecule has 1 saturated carbocycles. The monoisotopic (exact) mass is 271 g/mol. The minimum Gasteiger partial charge on any atom is -0.376 e. The molecule has 0 spiro atoms. The first-order chi connectivity index (χ1) is 9.83. The van der Waals surface area contributed by atoms with Gasteiger partial charge in [-0.25, -0.2) is 0 Å². The van der Waals surface area contributed by atoms with Gasteiger partial charge in [-0.2, -0.15) is 0 Å². The van der Waals surface area contributed by atoms with Crippen LogP contribution in [0.5, 0.6) is 0 Å². The zero-order valence-corrected chi connectivity index (χ0v) is 12.3. The molecule has 2 aliphatic carbocycles. The van der Waals surface area contributed by atoms with Gasteiger partial charge in [0, 0.05) is 18.7 Å². The van der Waals surface area contributed by atoms with Crippen molar-refractivity contribution in [2.45, 2.75) is 63.1 Å². The fraction of sp³-hybridized carbons (Fsp3) is 0.667. The molecule has 0 amide bonds. The van der Waals surface area contributed by atoms with Gasteiger partial charge in [-0.1, -0.05) is 31.2 Å². The van der Waals surface area contributed by atoms with E-state index in [1.807, 2.05) is 0 Å². The second-order valence-electron chi connectivity index (χ2n) is 6.89. The molecule has 1 aromatic carbocycles. The molecule has 1 N–H and O–H groups in total. The summed E-state index contributed by atoms with van der Waals surface area (Å²) < 4.78 is 5.98. The Morgan fingerprint density at radius 1 is 1.00 bits per heavy atom. The standard InChI is InChI=1S/C18H25NO/c1-12-6-9-16(15-5-3-2-4-14(12)15)19-17-10-11-20-18(17)13-7-8-13/h2-5,12-13,16-19H,6-11H2,1H3. The van der Waals surface area contributed by atoms with E-state index in [1.165, 1.54) is 37.7 Å². The Balaban J connectivity index is 1.53. The van der Waals surface area contributed by atoms with Gasteiger partial charge in [-0.3, -0.25) is 0 Å². The molecular formula is C18H25NO. The van der Waals surface area contributed by atoms with Crippen LogP contribution in [0.3, 0.4) is 0 Å². The van der Waals surface area contributed by atoms with Crippen LogP contribution < -0.4 is 5.32 Å². The molecule has 0 aromatic heterocycles. The Morgan fingerprint density at radius 2 is 1.80 bits per heavy atom. The van der Waals surface area contributed by atoms with E-state index in [9.17, 15) is 0 Å². The molecule has 0 radical (unpaired) electrons. The third kappa shape index (κ3) is 2.29. The van der Waals surface area contributed by atoms with Crippen molar-refractivity contribution in [3.8, 4) is 0 Å². The summed E-state index contributed by atoms with van der Waals surface area (Å²) in [5.74, 6) is 1.55. The second-order valence-corrected chi connectivity index (χ2v) is 6.89. The van der Waals surface area contributed by atoms with Crippen LogP contribution in [-0.4, -0.2) is 18.8 Å². The lowest BCUT2D eigenvalue weighted by molar-refractivity contribution is 0.0782. The molecule has 108 valence electrons. The average Bonchev–Trinajstić information content (AvgIpc) is 3.22. The molecule has 2 heteroatoms. The van der Waals surface area contributed by atoms with E-state index in [1.54, 1.807) is 5.56 Å². The van der Waals surface area contributed by atoms with Crippen molar-refractivity contribution >= 4 is 0 Å². The summed E-state index contributed by atoms with van der Waals surface area (Å²) in [4.78, 5) is 0. The number of benzene rings is 1. The molecule has 1 aliphatic heterocycles. The molecule has 1 heterocycles. The summed E-state index contributed by atoms with van der Waals surface area (Å²) in [5.41, 5.74) is 3.09. The normalized spacial score (nSPS) is 36.9. The van der Waals surface area contributed by atoms with Crippen LogP contribution >= 0.6 is 0 Å². The predicted octanol–water partition coefficient (Wildman–Crippen LogP) is 3.78. The summed E-state index contributed by atoms with van der Waals surface area (Å²) in [6, 6.07) is 10.1. The molecule has 3 aliphatic rings. The third-order valence-corrected chi connectivity index (χ3v) is 5.43. The van der Waals surface area contributed by atoms with Crippen molar-refractivity contribution in [2.75, 3.05) is 6.61 Å². The smallest absolute Gasteiger partial charge is 0.0757 e. The van der Waals surface area contributed by atoms with Gasteiger partial charge in [0.05, 0.1) is 6.10 Å². The number of hydrogen-bond acceptors (Lipinski definition) is 2. The molecule has 1 saturated heterocycles. The Kier molecular flexibility index (Phi) is 3.31. The molecule has 4 rings (SSSR count). The number of fused-ring (bicyclic) bond motifs is 1. The first-order valence-corrected chi connectivity index (χ1v) is 8.29. The van der Waals surface area contributed by atoms with Gasteiger partial charge >= 0.3 is 0 Å². The average molecular weight is 271 g/mol. The SMILES string of the molecule is CC1CCC(NC2CCOC2C2CC2)c2ccccc21. The fourth-order valence-corrected chi connectivity index (χ4v) is 4.12. The molecular weight excluding hydrogens is 246 g/mol. The predicted molar refractivity (Wildman–Crippen MR) is 80.8 cm³/mol. The molecule has 1 aromatic rings. The van der Waals surface area contributed by atoms with Crippen molar-refractivity contribution in [2.24, 2.45) is 5.92 Å². The first kappa shape index (κ1) is 12.8. The van der Waals surface area contributed by atoms with Crippen LogP contribution in [0.1, 0.15) is 62.1 Å². The minimum absolute atomic E-state index is 0.488. The molecule has 20 heavy (non-hydrogen) atoms. The first-order valence-electron chi connectivity index (χ1n) is 8.29. The summed E-state index contributed by atoms with van der Waals surface area (Å²) in [6.07, 6.45) is 7.00. The van der Waals surface area contributed by atoms with Gasteiger partial charge in [0.1, 0.15) is 0 Å². The maximum absolute atomic E-state index is 5.98. The lowest BCUT2D eigenvalue weighted by Crippen LogP contribution is -2.41. The van der Waals surface area contributed by atoms with Crippen LogP contribution in [0.15, 0.2) is 24.3 Å². The highest BCUT2D eigenvalue weighted by Gasteiger charge is 2.41. The minimum atomic E-state index is 0.488. The van der Waals surface area contributed by atoms with E-state index < -0.39 is 0 Å². The second kappa shape index (κ2) is 5.16. The van der Waals surface area contributed by atoms with E-state index in [2.05, 4.69) is 36.5 Å². The summed E-state index contributed by atoms with van der Waals surface area (Å²) in [5, 5.41) is 3.94. The van der Waals surface area contributed by atoms with Crippen molar-refractivity contribution in [1.82, 2.24) is 5.32 Å². The maximum atomic E-state index is 5.98. The Labute approximate surface area is 121 Å². The lowest BCUT2D eigenvalue weighted by atomic mass is 9.80. The summed E-state index contributed by atoms with van der Waals surface area (Å²) in [7, 11) is 0.